The third-order valence-electron chi connectivity index (χ3n) is 3.74. The van der Waals surface area contributed by atoms with Crippen molar-refractivity contribution in [2.45, 2.75) is 31.0 Å². The van der Waals surface area contributed by atoms with Crippen molar-refractivity contribution in [3.8, 4) is 5.75 Å². The van der Waals surface area contributed by atoms with Crippen LogP contribution in [-0.4, -0.2) is 14.8 Å². The van der Waals surface area contributed by atoms with Crippen molar-refractivity contribution in [3.05, 3.63) is 69.5 Å². The summed E-state index contributed by atoms with van der Waals surface area (Å²) >= 11 is 13.3. The highest BCUT2D eigenvalue weighted by Crippen LogP contribution is 2.27. The maximum atomic E-state index is 13.2. The Morgan fingerprint density at radius 3 is 2.59 bits per heavy atom. The molecule has 0 bridgehead atoms. The van der Waals surface area contributed by atoms with Gasteiger partial charge in [0, 0.05) is 23.4 Å². The highest BCUT2D eigenvalue weighted by atomic mass is 35.5. The number of halogens is 4. The summed E-state index contributed by atoms with van der Waals surface area (Å²) in [5, 5.41) is 9.42. The van der Waals surface area contributed by atoms with Crippen LogP contribution in [0.4, 0.5) is 8.78 Å². The van der Waals surface area contributed by atoms with Crippen molar-refractivity contribution >= 4 is 35.0 Å². The van der Waals surface area contributed by atoms with Crippen LogP contribution in [0.3, 0.4) is 0 Å². The van der Waals surface area contributed by atoms with Gasteiger partial charge in [0.2, 0.25) is 0 Å². The molecule has 1 heterocycles. The van der Waals surface area contributed by atoms with Crippen molar-refractivity contribution < 1.29 is 13.5 Å². The van der Waals surface area contributed by atoms with Gasteiger partial charge in [-0.3, -0.25) is 0 Å². The quantitative estimate of drug-likeness (QED) is 0.448. The SMILES string of the molecule is CCn1c(COc2ccc(F)c(Cl)c2)nnc1SCc1ccc(F)cc1Cl. The van der Waals surface area contributed by atoms with E-state index < -0.39 is 5.82 Å². The standard InChI is InChI=1S/C18H15Cl2F2N3OS/c1-2-25-17(9-26-13-5-6-16(22)15(20)8-13)23-24-18(25)27-10-11-3-4-12(21)7-14(11)19/h3-8H,2,9-10H2,1H3. The molecule has 2 aromatic carbocycles. The van der Waals surface area contributed by atoms with Crippen LogP contribution < -0.4 is 4.74 Å². The molecular weight excluding hydrogens is 415 g/mol. The average Bonchev–Trinajstić information content (AvgIpc) is 3.04. The normalized spacial score (nSPS) is 11.0. The van der Waals surface area contributed by atoms with E-state index in [1.54, 1.807) is 6.07 Å². The van der Waals surface area contributed by atoms with Gasteiger partial charge in [0.05, 0.1) is 5.02 Å². The fourth-order valence-electron chi connectivity index (χ4n) is 2.35. The third kappa shape index (κ3) is 4.91. The van der Waals surface area contributed by atoms with Crippen LogP contribution in [0.25, 0.3) is 0 Å². The lowest BCUT2D eigenvalue weighted by Gasteiger charge is -2.09. The largest absolute Gasteiger partial charge is 0.486 e. The predicted molar refractivity (Wildman–Crippen MR) is 102 cm³/mol. The number of thioether (sulfide) groups is 1. The van der Waals surface area contributed by atoms with E-state index in [2.05, 4.69) is 10.2 Å². The van der Waals surface area contributed by atoms with E-state index in [4.69, 9.17) is 27.9 Å². The minimum absolute atomic E-state index is 0.00289. The van der Waals surface area contributed by atoms with Gasteiger partial charge in [-0.15, -0.1) is 10.2 Å². The molecule has 0 radical (unpaired) electrons. The Morgan fingerprint density at radius 2 is 1.89 bits per heavy atom. The van der Waals surface area contributed by atoms with E-state index in [1.807, 2.05) is 11.5 Å². The monoisotopic (exact) mass is 429 g/mol. The first-order valence-corrected chi connectivity index (χ1v) is 9.78. The molecule has 3 rings (SSSR count). The molecule has 0 aliphatic rings. The fourth-order valence-corrected chi connectivity index (χ4v) is 3.85. The van der Waals surface area contributed by atoms with E-state index in [-0.39, 0.29) is 17.4 Å². The lowest BCUT2D eigenvalue weighted by molar-refractivity contribution is 0.288. The first-order chi connectivity index (χ1) is 13.0. The second-order valence-electron chi connectivity index (χ2n) is 5.53. The Morgan fingerprint density at radius 1 is 1.07 bits per heavy atom. The number of hydrogen-bond acceptors (Lipinski definition) is 4. The van der Waals surface area contributed by atoms with Gasteiger partial charge in [0.25, 0.3) is 0 Å². The number of ether oxygens (including phenoxy) is 1. The summed E-state index contributed by atoms with van der Waals surface area (Å²) in [5.74, 6) is 0.737. The molecule has 9 heteroatoms. The number of nitrogens with zero attached hydrogens (tertiary/aromatic N) is 3. The molecule has 27 heavy (non-hydrogen) atoms. The van der Waals surface area contributed by atoms with Crippen LogP contribution in [-0.2, 0) is 18.9 Å². The molecule has 0 aliphatic heterocycles. The van der Waals surface area contributed by atoms with Crippen LogP contribution in [0.1, 0.15) is 18.3 Å². The van der Waals surface area contributed by atoms with E-state index in [1.165, 1.54) is 42.1 Å². The minimum atomic E-state index is -0.501. The number of hydrogen-bond donors (Lipinski definition) is 0. The highest BCUT2D eigenvalue weighted by Gasteiger charge is 2.13. The zero-order valence-corrected chi connectivity index (χ0v) is 16.6. The summed E-state index contributed by atoms with van der Waals surface area (Å²) in [6, 6.07) is 8.47. The Hall–Kier alpha value is -1.83. The summed E-state index contributed by atoms with van der Waals surface area (Å²) in [4.78, 5) is 0. The number of benzene rings is 2. The van der Waals surface area contributed by atoms with Crippen LogP contribution in [0.2, 0.25) is 10.0 Å². The molecule has 0 aliphatic carbocycles. The molecule has 0 unspecified atom stereocenters. The molecule has 3 aromatic rings. The number of rotatable bonds is 7. The van der Waals surface area contributed by atoms with Crippen LogP contribution >= 0.6 is 35.0 Å². The summed E-state index contributed by atoms with van der Waals surface area (Å²) in [6.45, 7) is 2.78. The lowest BCUT2D eigenvalue weighted by Crippen LogP contribution is -2.07. The summed E-state index contributed by atoms with van der Waals surface area (Å²) in [5.41, 5.74) is 0.812. The van der Waals surface area contributed by atoms with Crippen LogP contribution in [0.15, 0.2) is 41.6 Å². The molecule has 4 nitrogen and oxygen atoms in total. The van der Waals surface area contributed by atoms with E-state index in [9.17, 15) is 8.78 Å². The van der Waals surface area contributed by atoms with Crippen molar-refractivity contribution in [1.82, 2.24) is 14.8 Å². The summed E-state index contributed by atoms with van der Waals surface area (Å²) in [7, 11) is 0. The molecule has 0 amide bonds. The van der Waals surface area contributed by atoms with Crippen molar-refractivity contribution in [1.29, 1.82) is 0 Å². The Balaban J connectivity index is 1.67. The van der Waals surface area contributed by atoms with Gasteiger partial charge >= 0.3 is 0 Å². The Bertz CT molecular complexity index is 952. The van der Waals surface area contributed by atoms with E-state index in [0.717, 1.165) is 5.56 Å². The zero-order valence-electron chi connectivity index (χ0n) is 14.3. The molecule has 1 aromatic heterocycles. The molecule has 0 saturated heterocycles. The maximum Gasteiger partial charge on any atom is 0.191 e. The second-order valence-corrected chi connectivity index (χ2v) is 7.29. The molecule has 0 N–H and O–H groups in total. The van der Waals surface area contributed by atoms with Gasteiger partial charge in [-0.25, -0.2) is 8.78 Å². The van der Waals surface area contributed by atoms with Gasteiger partial charge in [-0.2, -0.15) is 0 Å². The summed E-state index contributed by atoms with van der Waals surface area (Å²) < 4.78 is 33.9. The van der Waals surface area contributed by atoms with Crippen LogP contribution in [0, 0.1) is 11.6 Å². The van der Waals surface area contributed by atoms with Gasteiger partial charge in [-0.05, 0) is 36.8 Å². The van der Waals surface area contributed by atoms with Crippen LogP contribution in [0.5, 0.6) is 5.75 Å². The average molecular weight is 430 g/mol. The first kappa shape index (κ1) is 19.9. The predicted octanol–water partition coefficient (Wildman–Crippen LogP) is 5.75. The third-order valence-corrected chi connectivity index (χ3v) is 5.40. The fraction of sp³-hybridized carbons (Fsp3) is 0.222. The van der Waals surface area contributed by atoms with Gasteiger partial charge in [-0.1, -0.05) is 41.0 Å². The molecule has 0 saturated carbocycles. The molecule has 0 atom stereocenters. The molecule has 142 valence electrons. The summed E-state index contributed by atoms with van der Waals surface area (Å²) in [6.07, 6.45) is 0. The Labute approximate surface area is 169 Å². The van der Waals surface area contributed by atoms with E-state index in [0.29, 0.717) is 34.1 Å². The minimum Gasteiger partial charge on any atom is -0.486 e. The second kappa shape index (κ2) is 8.91. The number of aromatic nitrogens is 3. The van der Waals surface area contributed by atoms with Gasteiger partial charge in [0.1, 0.15) is 24.0 Å². The van der Waals surface area contributed by atoms with Gasteiger partial charge < -0.3 is 9.30 Å². The molecule has 0 fully saturated rings. The highest BCUT2D eigenvalue weighted by molar-refractivity contribution is 7.98. The van der Waals surface area contributed by atoms with Crippen molar-refractivity contribution in [2.24, 2.45) is 0 Å². The molecular formula is C18H15Cl2F2N3OS. The Kier molecular flexibility index (Phi) is 6.57. The topological polar surface area (TPSA) is 39.9 Å². The molecule has 0 spiro atoms. The van der Waals surface area contributed by atoms with Gasteiger partial charge in [0.15, 0.2) is 11.0 Å². The van der Waals surface area contributed by atoms with E-state index >= 15 is 0 Å². The first-order valence-electron chi connectivity index (χ1n) is 8.04. The zero-order chi connectivity index (χ0) is 19.4. The smallest absolute Gasteiger partial charge is 0.191 e. The van der Waals surface area contributed by atoms with Crippen molar-refractivity contribution in [3.63, 3.8) is 0 Å². The lowest BCUT2D eigenvalue weighted by atomic mass is 10.2. The maximum absolute atomic E-state index is 13.2. The van der Waals surface area contributed by atoms with Crippen molar-refractivity contribution in [2.75, 3.05) is 0 Å².